The van der Waals surface area contributed by atoms with Gasteiger partial charge in [-0.05, 0) is 52.7 Å². The molecule has 0 atom stereocenters. The Morgan fingerprint density at radius 3 is 2.58 bits per heavy atom. The third-order valence-electron chi connectivity index (χ3n) is 4.12. The smallest absolute Gasteiger partial charge is 0.137 e. The van der Waals surface area contributed by atoms with Crippen LogP contribution in [0, 0.1) is 0 Å². The SMILES string of the molecule is COc1c(C(C)(C)CO)cc2c(c1Br)CCCCC2. The van der Waals surface area contributed by atoms with Gasteiger partial charge in [0.05, 0.1) is 18.2 Å². The lowest BCUT2D eigenvalue weighted by molar-refractivity contribution is 0.214. The van der Waals surface area contributed by atoms with E-state index in [2.05, 4.69) is 35.8 Å². The van der Waals surface area contributed by atoms with E-state index in [9.17, 15) is 5.11 Å². The molecule has 0 aromatic heterocycles. The van der Waals surface area contributed by atoms with Gasteiger partial charge in [0.25, 0.3) is 0 Å². The molecule has 0 bridgehead atoms. The van der Waals surface area contributed by atoms with Gasteiger partial charge in [0, 0.05) is 11.0 Å². The van der Waals surface area contributed by atoms with Crippen LogP contribution in [0.4, 0.5) is 0 Å². The second-order valence-electron chi connectivity index (χ2n) is 6.01. The first-order chi connectivity index (χ1) is 9.01. The van der Waals surface area contributed by atoms with Crippen molar-refractivity contribution in [3.8, 4) is 5.75 Å². The number of aliphatic hydroxyl groups excluding tert-OH is 1. The van der Waals surface area contributed by atoms with Gasteiger partial charge in [0.1, 0.15) is 5.75 Å². The van der Waals surface area contributed by atoms with Crippen LogP contribution in [0.3, 0.4) is 0 Å². The van der Waals surface area contributed by atoms with Gasteiger partial charge in [-0.15, -0.1) is 0 Å². The van der Waals surface area contributed by atoms with Crippen molar-refractivity contribution in [3.05, 3.63) is 27.2 Å². The summed E-state index contributed by atoms with van der Waals surface area (Å²) in [6, 6.07) is 2.25. The molecule has 0 spiro atoms. The van der Waals surface area contributed by atoms with Crippen molar-refractivity contribution in [3.63, 3.8) is 0 Å². The zero-order valence-corrected chi connectivity index (χ0v) is 13.6. The molecule has 1 aliphatic carbocycles. The van der Waals surface area contributed by atoms with Crippen molar-refractivity contribution in [1.29, 1.82) is 0 Å². The lowest BCUT2D eigenvalue weighted by Gasteiger charge is -2.27. The predicted molar refractivity (Wildman–Crippen MR) is 82.1 cm³/mol. The Hall–Kier alpha value is -0.540. The Bertz CT molecular complexity index is 466. The topological polar surface area (TPSA) is 29.5 Å². The highest BCUT2D eigenvalue weighted by molar-refractivity contribution is 9.10. The van der Waals surface area contributed by atoms with Crippen molar-refractivity contribution in [2.24, 2.45) is 0 Å². The zero-order chi connectivity index (χ0) is 14.0. The lowest BCUT2D eigenvalue weighted by atomic mass is 9.82. The van der Waals surface area contributed by atoms with Gasteiger partial charge in [-0.1, -0.05) is 26.3 Å². The molecule has 2 rings (SSSR count). The summed E-state index contributed by atoms with van der Waals surface area (Å²) >= 11 is 3.73. The summed E-state index contributed by atoms with van der Waals surface area (Å²) in [5.41, 5.74) is 3.63. The molecule has 1 aliphatic rings. The maximum Gasteiger partial charge on any atom is 0.137 e. The van der Waals surface area contributed by atoms with Crippen LogP contribution >= 0.6 is 15.9 Å². The van der Waals surface area contributed by atoms with Crippen LogP contribution in [0.2, 0.25) is 0 Å². The van der Waals surface area contributed by atoms with E-state index in [0.717, 1.165) is 28.6 Å². The third-order valence-corrected chi connectivity index (χ3v) is 4.96. The quantitative estimate of drug-likeness (QED) is 0.851. The van der Waals surface area contributed by atoms with Crippen LogP contribution in [0.25, 0.3) is 0 Å². The van der Waals surface area contributed by atoms with Crippen LogP contribution in [-0.4, -0.2) is 18.8 Å². The molecule has 0 fully saturated rings. The van der Waals surface area contributed by atoms with E-state index >= 15 is 0 Å². The molecule has 3 heteroatoms. The predicted octanol–water partition coefficient (Wildman–Crippen LogP) is 4.00. The summed E-state index contributed by atoms with van der Waals surface area (Å²) in [4.78, 5) is 0. The van der Waals surface area contributed by atoms with Crippen LogP contribution in [0.15, 0.2) is 10.5 Å². The highest BCUT2D eigenvalue weighted by Gasteiger charge is 2.28. The van der Waals surface area contributed by atoms with Gasteiger partial charge in [0.15, 0.2) is 0 Å². The molecule has 0 saturated carbocycles. The van der Waals surface area contributed by atoms with Crippen LogP contribution in [0.1, 0.15) is 49.8 Å². The Morgan fingerprint density at radius 2 is 1.95 bits per heavy atom. The minimum atomic E-state index is -0.283. The number of aliphatic hydroxyl groups is 1. The molecular formula is C16H23BrO2. The standard InChI is InChI=1S/C16H23BrO2/c1-16(2,10-18)13-9-11-7-5-4-6-8-12(11)14(17)15(13)19-3/h9,18H,4-8,10H2,1-3H3. The number of hydrogen-bond acceptors (Lipinski definition) is 2. The molecule has 2 nitrogen and oxygen atoms in total. The van der Waals surface area contributed by atoms with Gasteiger partial charge in [-0.2, -0.15) is 0 Å². The summed E-state index contributed by atoms with van der Waals surface area (Å²) < 4.78 is 6.70. The van der Waals surface area contributed by atoms with Gasteiger partial charge in [0.2, 0.25) is 0 Å². The molecule has 0 radical (unpaired) electrons. The summed E-state index contributed by atoms with van der Waals surface area (Å²) in [7, 11) is 1.71. The fourth-order valence-electron chi connectivity index (χ4n) is 2.80. The number of methoxy groups -OCH3 is 1. The zero-order valence-electron chi connectivity index (χ0n) is 12.1. The molecule has 0 amide bonds. The van der Waals surface area contributed by atoms with E-state index in [1.165, 1.54) is 30.4 Å². The highest BCUT2D eigenvalue weighted by Crippen LogP contribution is 2.42. The number of halogens is 1. The Balaban J connectivity index is 2.62. The Kier molecular flexibility index (Phi) is 4.57. The van der Waals surface area contributed by atoms with E-state index in [1.807, 2.05) is 0 Å². The molecule has 106 valence electrons. The van der Waals surface area contributed by atoms with Crippen molar-refractivity contribution in [1.82, 2.24) is 0 Å². The minimum absolute atomic E-state index is 0.120. The van der Waals surface area contributed by atoms with E-state index in [-0.39, 0.29) is 12.0 Å². The van der Waals surface area contributed by atoms with Gasteiger partial charge in [-0.25, -0.2) is 0 Å². The summed E-state index contributed by atoms with van der Waals surface area (Å²) in [6.07, 6.45) is 6.04. The average Bonchev–Trinajstić information content (AvgIpc) is 2.64. The number of ether oxygens (including phenoxy) is 1. The molecule has 0 heterocycles. The number of fused-ring (bicyclic) bond motifs is 1. The van der Waals surface area contributed by atoms with E-state index < -0.39 is 0 Å². The van der Waals surface area contributed by atoms with Crippen LogP contribution in [-0.2, 0) is 18.3 Å². The molecule has 0 unspecified atom stereocenters. The highest BCUT2D eigenvalue weighted by atomic mass is 79.9. The van der Waals surface area contributed by atoms with Gasteiger partial charge < -0.3 is 9.84 Å². The monoisotopic (exact) mass is 326 g/mol. The Morgan fingerprint density at radius 1 is 1.26 bits per heavy atom. The van der Waals surface area contributed by atoms with Crippen molar-refractivity contribution in [2.75, 3.05) is 13.7 Å². The second-order valence-corrected chi connectivity index (χ2v) is 6.80. The second kappa shape index (κ2) is 5.84. The first kappa shape index (κ1) is 14.9. The van der Waals surface area contributed by atoms with E-state index in [0.29, 0.717) is 0 Å². The molecule has 19 heavy (non-hydrogen) atoms. The maximum atomic E-state index is 9.65. The summed E-state index contributed by atoms with van der Waals surface area (Å²) in [5.74, 6) is 0.889. The maximum absolute atomic E-state index is 9.65. The normalized spacial score (nSPS) is 15.8. The summed E-state index contributed by atoms with van der Waals surface area (Å²) in [5, 5.41) is 9.65. The van der Waals surface area contributed by atoms with Crippen molar-refractivity contribution in [2.45, 2.75) is 51.4 Å². The number of benzene rings is 1. The molecule has 1 aromatic rings. The van der Waals surface area contributed by atoms with Crippen LogP contribution in [0.5, 0.6) is 5.75 Å². The number of aryl methyl sites for hydroxylation is 1. The fourth-order valence-corrected chi connectivity index (χ4v) is 3.63. The lowest BCUT2D eigenvalue weighted by Crippen LogP contribution is -2.23. The number of rotatable bonds is 3. The fraction of sp³-hybridized carbons (Fsp3) is 0.625. The number of hydrogen-bond donors (Lipinski definition) is 1. The largest absolute Gasteiger partial charge is 0.495 e. The first-order valence-electron chi connectivity index (χ1n) is 7.01. The third kappa shape index (κ3) is 2.82. The first-order valence-corrected chi connectivity index (χ1v) is 7.80. The molecule has 0 saturated heterocycles. The molecular weight excluding hydrogens is 304 g/mol. The van der Waals surface area contributed by atoms with Crippen LogP contribution < -0.4 is 4.74 Å². The van der Waals surface area contributed by atoms with Gasteiger partial charge in [-0.3, -0.25) is 0 Å². The summed E-state index contributed by atoms with van der Waals surface area (Å²) in [6.45, 7) is 4.23. The Labute approximate surface area is 124 Å². The average molecular weight is 327 g/mol. The van der Waals surface area contributed by atoms with Crippen molar-refractivity contribution < 1.29 is 9.84 Å². The molecule has 1 aromatic carbocycles. The molecule has 0 aliphatic heterocycles. The molecule has 1 N–H and O–H groups in total. The van der Waals surface area contributed by atoms with Crippen molar-refractivity contribution >= 4 is 15.9 Å². The van der Waals surface area contributed by atoms with E-state index in [4.69, 9.17) is 4.74 Å². The van der Waals surface area contributed by atoms with Gasteiger partial charge >= 0.3 is 0 Å². The van der Waals surface area contributed by atoms with E-state index in [1.54, 1.807) is 7.11 Å². The minimum Gasteiger partial charge on any atom is -0.495 e.